The summed E-state index contributed by atoms with van der Waals surface area (Å²) in [4.78, 5) is 28.4. The van der Waals surface area contributed by atoms with Crippen molar-refractivity contribution in [3.8, 4) is 0 Å². The second-order valence-electron chi connectivity index (χ2n) is 9.11. The van der Waals surface area contributed by atoms with Crippen molar-refractivity contribution in [2.24, 2.45) is 7.05 Å². The first-order valence-electron chi connectivity index (χ1n) is 11.4. The smallest absolute Gasteiger partial charge is 0.274 e. The second-order valence-corrected chi connectivity index (χ2v) is 9.11. The van der Waals surface area contributed by atoms with Gasteiger partial charge in [-0.1, -0.05) is 6.07 Å². The van der Waals surface area contributed by atoms with Crippen molar-refractivity contribution in [3.05, 3.63) is 42.6 Å². The Bertz CT molecular complexity index is 884. The van der Waals surface area contributed by atoms with Crippen LogP contribution in [0.3, 0.4) is 0 Å². The zero-order chi connectivity index (χ0) is 21.3. The molecule has 5 heterocycles. The molecule has 1 spiro atoms. The number of piperidine rings is 1. The van der Waals surface area contributed by atoms with Crippen LogP contribution in [-0.4, -0.2) is 87.8 Å². The molecule has 3 fully saturated rings. The van der Waals surface area contributed by atoms with Gasteiger partial charge in [-0.15, -0.1) is 0 Å². The number of anilines is 1. The molecule has 0 N–H and O–H groups in total. The van der Waals surface area contributed by atoms with E-state index in [-0.39, 0.29) is 11.5 Å². The van der Waals surface area contributed by atoms with Crippen molar-refractivity contribution in [2.75, 3.05) is 50.8 Å². The van der Waals surface area contributed by atoms with E-state index in [9.17, 15) is 4.79 Å². The van der Waals surface area contributed by atoms with Crippen LogP contribution in [0.1, 0.15) is 36.2 Å². The summed E-state index contributed by atoms with van der Waals surface area (Å²) in [6.07, 6.45) is 9.34. The first-order valence-corrected chi connectivity index (χ1v) is 11.4. The third kappa shape index (κ3) is 4.32. The first kappa shape index (κ1) is 20.5. The fraction of sp³-hybridized carbons (Fsp3) is 0.609. The average molecular weight is 425 g/mol. The van der Waals surface area contributed by atoms with Crippen molar-refractivity contribution in [3.63, 3.8) is 0 Å². The van der Waals surface area contributed by atoms with Crippen LogP contribution < -0.4 is 4.90 Å². The van der Waals surface area contributed by atoms with E-state index in [4.69, 9.17) is 4.74 Å². The van der Waals surface area contributed by atoms with Gasteiger partial charge < -0.3 is 19.1 Å². The quantitative estimate of drug-likeness (QED) is 0.749. The normalized spacial score (nSPS) is 24.5. The zero-order valence-electron chi connectivity index (χ0n) is 18.3. The largest absolute Gasteiger partial charge is 0.375 e. The number of likely N-dealkylation sites (tertiary alicyclic amines) is 1. The molecule has 0 bridgehead atoms. The number of hydrogen-bond acceptors (Lipinski definition) is 6. The fourth-order valence-electron chi connectivity index (χ4n) is 5.32. The molecular weight excluding hydrogens is 392 g/mol. The van der Waals surface area contributed by atoms with Crippen LogP contribution in [0.15, 0.2) is 36.9 Å². The summed E-state index contributed by atoms with van der Waals surface area (Å²) in [5, 5.41) is 0. The summed E-state index contributed by atoms with van der Waals surface area (Å²) in [5.41, 5.74) is 0.453. The van der Waals surface area contributed by atoms with Crippen LogP contribution in [0.2, 0.25) is 0 Å². The van der Waals surface area contributed by atoms with E-state index in [0.29, 0.717) is 11.7 Å². The maximum Gasteiger partial charge on any atom is 0.274 e. The standard InChI is InChI=1S/C23H32N6O2/c1-26-17-20(25-18-26)22(30)29-9-6-23(7-10-29)16-19(5-15-31-23)27-11-13-28(14-12-27)21-4-2-3-8-24-21/h2-4,8,17-19H,5-7,9-16H2,1H3/t19-/m1/s1. The molecule has 0 aliphatic carbocycles. The van der Waals surface area contributed by atoms with Gasteiger partial charge in [-0.25, -0.2) is 9.97 Å². The highest BCUT2D eigenvalue weighted by Gasteiger charge is 2.43. The Kier molecular flexibility index (Phi) is 5.67. The maximum atomic E-state index is 12.7. The number of carbonyl (C=O) groups is 1. The van der Waals surface area contributed by atoms with Crippen LogP contribution in [0, 0.1) is 0 Å². The monoisotopic (exact) mass is 424 g/mol. The number of rotatable bonds is 3. The zero-order valence-corrected chi connectivity index (χ0v) is 18.3. The molecule has 8 nitrogen and oxygen atoms in total. The number of aromatic nitrogens is 3. The number of nitrogens with zero attached hydrogens (tertiary/aromatic N) is 6. The molecule has 2 aromatic heterocycles. The minimum atomic E-state index is -0.0814. The topological polar surface area (TPSA) is 66.7 Å². The lowest BCUT2D eigenvalue weighted by atomic mass is 9.81. The van der Waals surface area contributed by atoms with Gasteiger partial charge >= 0.3 is 0 Å². The molecule has 2 aromatic rings. The molecule has 0 aromatic carbocycles. The molecule has 3 aliphatic heterocycles. The lowest BCUT2D eigenvalue weighted by Crippen LogP contribution is -2.57. The highest BCUT2D eigenvalue weighted by molar-refractivity contribution is 5.92. The Balaban J connectivity index is 1.15. The second kappa shape index (κ2) is 8.59. The number of piperazine rings is 1. The summed E-state index contributed by atoms with van der Waals surface area (Å²) < 4.78 is 8.17. The molecule has 166 valence electrons. The number of imidazole rings is 1. The molecular formula is C23H32N6O2. The Hall–Kier alpha value is -2.45. The number of aryl methyl sites for hydroxylation is 1. The van der Waals surface area contributed by atoms with Crippen molar-refractivity contribution < 1.29 is 9.53 Å². The minimum Gasteiger partial charge on any atom is -0.375 e. The van der Waals surface area contributed by atoms with Crippen molar-refractivity contribution >= 4 is 11.7 Å². The van der Waals surface area contributed by atoms with E-state index in [1.165, 1.54) is 0 Å². The maximum absolute atomic E-state index is 12.7. The summed E-state index contributed by atoms with van der Waals surface area (Å²) in [7, 11) is 1.89. The van der Waals surface area contributed by atoms with Crippen LogP contribution in [0.25, 0.3) is 0 Å². The molecule has 8 heteroatoms. The number of amides is 1. The van der Waals surface area contributed by atoms with Crippen molar-refractivity contribution in [1.29, 1.82) is 0 Å². The number of ether oxygens (including phenoxy) is 1. The lowest BCUT2D eigenvalue weighted by Gasteiger charge is -2.49. The van der Waals surface area contributed by atoms with Gasteiger partial charge in [0.05, 0.1) is 11.9 Å². The highest BCUT2D eigenvalue weighted by atomic mass is 16.5. The third-order valence-corrected chi connectivity index (χ3v) is 7.16. The molecule has 1 amide bonds. The SMILES string of the molecule is Cn1cnc(C(=O)N2CCC3(CC2)C[C@H](N2CCN(c4ccccn4)CC2)CCO3)c1. The third-order valence-electron chi connectivity index (χ3n) is 7.16. The molecule has 5 rings (SSSR count). The number of hydrogen-bond donors (Lipinski definition) is 0. The predicted molar refractivity (Wildman–Crippen MR) is 118 cm³/mol. The van der Waals surface area contributed by atoms with Crippen LogP contribution in [-0.2, 0) is 11.8 Å². The van der Waals surface area contributed by atoms with Gasteiger partial charge in [-0.2, -0.15) is 0 Å². The van der Waals surface area contributed by atoms with Gasteiger partial charge in [0.2, 0.25) is 0 Å². The Morgan fingerprint density at radius 3 is 2.58 bits per heavy atom. The predicted octanol–water partition coefficient (Wildman–Crippen LogP) is 1.79. The van der Waals surface area contributed by atoms with Crippen LogP contribution in [0.5, 0.6) is 0 Å². The summed E-state index contributed by atoms with van der Waals surface area (Å²) in [6, 6.07) is 6.69. The molecule has 0 saturated carbocycles. The van der Waals surface area contributed by atoms with Gasteiger partial charge in [-0.05, 0) is 37.8 Å². The summed E-state index contributed by atoms with van der Waals surface area (Å²) in [6.45, 7) is 6.50. The lowest BCUT2D eigenvalue weighted by molar-refractivity contribution is -0.130. The van der Waals surface area contributed by atoms with Crippen LogP contribution in [0.4, 0.5) is 5.82 Å². The van der Waals surface area contributed by atoms with E-state index in [1.807, 2.05) is 28.8 Å². The molecule has 31 heavy (non-hydrogen) atoms. The van der Waals surface area contributed by atoms with E-state index in [0.717, 1.165) is 77.4 Å². The molecule has 3 aliphatic rings. The van der Waals surface area contributed by atoms with Gasteiger partial charge in [0.1, 0.15) is 11.5 Å². The van der Waals surface area contributed by atoms with Gasteiger partial charge in [-0.3, -0.25) is 9.69 Å². The Morgan fingerprint density at radius 1 is 1.10 bits per heavy atom. The molecule has 3 saturated heterocycles. The van der Waals surface area contributed by atoms with Gasteiger partial charge in [0, 0.05) is 71.4 Å². The fourth-order valence-corrected chi connectivity index (χ4v) is 5.32. The van der Waals surface area contributed by atoms with Gasteiger partial charge in [0.25, 0.3) is 5.91 Å². The number of pyridine rings is 1. The van der Waals surface area contributed by atoms with E-state index in [2.05, 4.69) is 31.9 Å². The highest BCUT2D eigenvalue weighted by Crippen LogP contribution is 2.37. The summed E-state index contributed by atoms with van der Waals surface area (Å²) >= 11 is 0. The Morgan fingerprint density at radius 2 is 1.90 bits per heavy atom. The number of carbonyl (C=O) groups excluding carboxylic acids is 1. The van der Waals surface area contributed by atoms with E-state index in [1.54, 1.807) is 12.5 Å². The average Bonchev–Trinajstić information content (AvgIpc) is 3.26. The molecule has 0 unspecified atom stereocenters. The van der Waals surface area contributed by atoms with Gasteiger partial charge in [0.15, 0.2) is 0 Å². The Labute approximate surface area is 183 Å². The first-order chi connectivity index (χ1) is 15.1. The van der Waals surface area contributed by atoms with Crippen molar-refractivity contribution in [1.82, 2.24) is 24.3 Å². The van der Waals surface area contributed by atoms with Crippen molar-refractivity contribution in [2.45, 2.75) is 37.3 Å². The molecule has 1 atom stereocenters. The van der Waals surface area contributed by atoms with Crippen LogP contribution >= 0.6 is 0 Å². The van der Waals surface area contributed by atoms with E-state index < -0.39 is 0 Å². The summed E-state index contributed by atoms with van der Waals surface area (Å²) in [5.74, 6) is 1.11. The molecule has 0 radical (unpaired) electrons. The minimum absolute atomic E-state index is 0.0356. The van der Waals surface area contributed by atoms with E-state index >= 15 is 0 Å².